The van der Waals surface area contributed by atoms with Crippen molar-refractivity contribution in [2.45, 2.75) is 44.6 Å². The van der Waals surface area contributed by atoms with Crippen molar-refractivity contribution in [3.8, 4) is 0 Å². The van der Waals surface area contributed by atoms with Crippen molar-refractivity contribution in [2.24, 2.45) is 0 Å². The van der Waals surface area contributed by atoms with Gasteiger partial charge in [-0.25, -0.2) is 4.39 Å². The predicted molar refractivity (Wildman–Crippen MR) is 45.1 cm³/mol. The number of rotatable bonds is 1. The van der Waals surface area contributed by atoms with E-state index < -0.39 is 30.7 Å². The average molecular weight is 207 g/mol. The molecule has 0 spiro atoms. The molecule has 14 heavy (non-hydrogen) atoms. The molecule has 82 valence electrons. The van der Waals surface area contributed by atoms with Crippen molar-refractivity contribution >= 4 is 5.91 Å². The highest BCUT2D eigenvalue weighted by atomic mass is 19.1. The third-order valence-electron chi connectivity index (χ3n) is 2.20. The average Bonchev–Trinajstić information content (AvgIpc) is 2.09. The topological polar surface area (TPSA) is 78.8 Å². The Morgan fingerprint density at radius 1 is 1.50 bits per heavy atom. The van der Waals surface area contributed by atoms with Crippen LogP contribution in [0.25, 0.3) is 0 Å². The Labute approximate surface area is 80.9 Å². The first kappa shape index (κ1) is 11.4. The third-order valence-corrected chi connectivity index (χ3v) is 2.20. The van der Waals surface area contributed by atoms with E-state index in [0.29, 0.717) is 0 Å². The SMILES string of the molecule is CC(=O)N[C@H]1[C@@H](O)[C@H](F)[C@@H](O)O[C@H]1C. The summed E-state index contributed by atoms with van der Waals surface area (Å²) in [6, 6.07) is -0.828. The number of ether oxygens (including phenoxy) is 1. The van der Waals surface area contributed by atoms with Crippen LogP contribution in [-0.4, -0.2) is 46.8 Å². The molecule has 0 saturated carbocycles. The van der Waals surface area contributed by atoms with Crippen molar-refractivity contribution < 1.29 is 24.1 Å². The molecule has 1 fully saturated rings. The predicted octanol–water partition coefficient (Wildman–Crippen LogP) is -1.07. The van der Waals surface area contributed by atoms with Crippen molar-refractivity contribution in [1.29, 1.82) is 0 Å². The Morgan fingerprint density at radius 2 is 2.07 bits per heavy atom. The summed E-state index contributed by atoms with van der Waals surface area (Å²) in [7, 11) is 0. The second kappa shape index (κ2) is 4.20. The second-order valence-electron chi connectivity index (χ2n) is 3.39. The summed E-state index contributed by atoms with van der Waals surface area (Å²) in [5, 5.41) is 20.8. The fraction of sp³-hybridized carbons (Fsp3) is 0.875. The van der Waals surface area contributed by atoms with Crippen molar-refractivity contribution in [2.75, 3.05) is 0 Å². The van der Waals surface area contributed by atoms with Crippen LogP contribution in [0, 0.1) is 0 Å². The summed E-state index contributed by atoms with van der Waals surface area (Å²) in [4.78, 5) is 10.7. The van der Waals surface area contributed by atoms with Crippen LogP contribution in [0.2, 0.25) is 0 Å². The Bertz CT molecular complexity index is 225. The highest BCUT2D eigenvalue weighted by Crippen LogP contribution is 2.21. The van der Waals surface area contributed by atoms with Crippen molar-refractivity contribution in [1.82, 2.24) is 5.32 Å². The molecule has 0 aliphatic carbocycles. The smallest absolute Gasteiger partial charge is 0.217 e. The molecule has 0 aromatic carbocycles. The molecule has 1 aliphatic rings. The van der Waals surface area contributed by atoms with Crippen LogP contribution < -0.4 is 5.32 Å². The van der Waals surface area contributed by atoms with Gasteiger partial charge >= 0.3 is 0 Å². The number of aliphatic hydroxyl groups is 2. The first-order valence-electron chi connectivity index (χ1n) is 4.36. The van der Waals surface area contributed by atoms with E-state index in [1.807, 2.05) is 0 Å². The molecule has 5 atom stereocenters. The molecule has 0 radical (unpaired) electrons. The molecule has 0 aromatic heterocycles. The summed E-state index contributed by atoms with van der Waals surface area (Å²) >= 11 is 0. The summed E-state index contributed by atoms with van der Waals surface area (Å²) in [6.45, 7) is 2.80. The van der Waals surface area contributed by atoms with E-state index in [9.17, 15) is 14.3 Å². The van der Waals surface area contributed by atoms with E-state index in [0.717, 1.165) is 0 Å². The summed E-state index contributed by atoms with van der Waals surface area (Å²) in [5.74, 6) is -0.381. The molecule has 1 saturated heterocycles. The number of carbonyl (C=O) groups is 1. The van der Waals surface area contributed by atoms with Gasteiger partial charge in [-0.3, -0.25) is 4.79 Å². The molecule has 5 nitrogen and oxygen atoms in total. The van der Waals surface area contributed by atoms with Gasteiger partial charge in [-0.05, 0) is 6.92 Å². The molecule has 0 aromatic rings. The molecule has 6 heteroatoms. The zero-order valence-electron chi connectivity index (χ0n) is 7.98. The number of amides is 1. The van der Waals surface area contributed by atoms with Crippen LogP contribution in [0.3, 0.4) is 0 Å². The molecule has 1 rings (SSSR count). The van der Waals surface area contributed by atoms with Crippen LogP contribution in [-0.2, 0) is 9.53 Å². The lowest BCUT2D eigenvalue weighted by Gasteiger charge is -2.38. The lowest BCUT2D eigenvalue weighted by Crippen LogP contribution is -2.61. The monoisotopic (exact) mass is 207 g/mol. The molecule has 3 N–H and O–H groups in total. The first-order chi connectivity index (χ1) is 6.43. The Balaban J connectivity index is 2.68. The Kier molecular flexibility index (Phi) is 3.41. The minimum atomic E-state index is -1.90. The van der Waals surface area contributed by atoms with Gasteiger partial charge in [0.15, 0.2) is 12.5 Å². The van der Waals surface area contributed by atoms with Crippen LogP contribution in [0.4, 0.5) is 4.39 Å². The van der Waals surface area contributed by atoms with Crippen molar-refractivity contribution in [3.05, 3.63) is 0 Å². The minimum absolute atomic E-state index is 0.381. The number of hydrogen-bond acceptors (Lipinski definition) is 4. The maximum Gasteiger partial charge on any atom is 0.217 e. The molecule has 0 unspecified atom stereocenters. The van der Waals surface area contributed by atoms with Crippen molar-refractivity contribution in [3.63, 3.8) is 0 Å². The van der Waals surface area contributed by atoms with Gasteiger partial charge in [0.25, 0.3) is 0 Å². The number of alkyl halides is 1. The normalized spacial score (nSPS) is 43.4. The number of aliphatic hydroxyl groups excluding tert-OH is 2. The van der Waals surface area contributed by atoms with Gasteiger partial charge in [-0.1, -0.05) is 0 Å². The van der Waals surface area contributed by atoms with Gasteiger partial charge < -0.3 is 20.3 Å². The van der Waals surface area contributed by atoms with Gasteiger partial charge in [-0.15, -0.1) is 0 Å². The Morgan fingerprint density at radius 3 is 2.57 bits per heavy atom. The van der Waals surface area contributed by atoms with Crippen LogP contribution in [0.1, 0.15) is 13.8 Å². The summed E-state index contributed by atoms with van der Waals surface area (Å²) in [6.07, 6.45) is -5.61. The van der Waals surface area contributed by atoms with E-state index in [1.165, 1.54) is 6.92 Å². The molecular formula is C8H14FNO4. The van der Waals surface area contributed by atoms with Gasteiger partial charge in [0.1, 0.15) is 6.10 Å². The highest BCUT2D eigenvalue weighted by molar-refractivity contribution is 5.73. The molecule has 1 aliphatic heterocycles. The number of nitrogens with one attached hydrogen (secondary N) is 1. The lowest BCUT2D eigenvalue weighted by molar-refractivity contribution is -0.234. The summed E-state index contributed by atoms with van der Waals surface area (Å²) in [5.41, 5.74) is 0. The largest absolute Gasteiger partial charge is 0.388 e. The fourth-order valence-electron chi connectivity index (χ4n) is 1.46. The highest BCUT2D eigenvalue weighted by Gasteiger charge is 2.43. The number of halogens is 1. The van der Waals surface area contributed by atoms with Gasteiger partial charge in [-0.2, -0.15) is 0 Å². The maximum atomic E-state index is 13.1. The van der Waals surface area contributed by atoms with Crippen LogP contribution >= 0.6 is 0 Å². The van der Waals surface area contributed by atoms with E-state index in [-0.39, 0.29) is 5.91 Å². The fourth-order valence-corrected chi connectivity index (χ4v) is 1.46. The van der Waals surface area contributed by atoms with E-state index in [4.69, 9.17) is 9.84 Å². The molecule has 0 bridgehead atoms. The number of carbonyl (C=O) groups excluding carboxylic acids is 1. The quantitative estimate of drug-likeness (QED) is 0.511. The second-order valence-corrected chi connectivity index (χ2v) is 3.39. The van der Waals surface area contributed by atoms with Crippen LogP contribution in [0.5, 0.6) is 0 Å². The lowest BCUT2D eigenvalue weighted by atomic mass is 9.98. The zero-order chi connectivity index (χ0) is 10.9. The maximum absolute atomic E-state index is 13.1. The molecule has 1 amide bonds. The van der Waals surface area contributed by atoms with Crippen LogP contribution in [0.15, 0.2) is 0 Å². The molecule has 1 heterocycles. The number of hydrogen-bond donors (Lipinski definition) is 3. The van der Waals surface area contributed by atoms with Gasteiger partial charge in [0, 0.05) is 6.92 Å². The van der Waals surface area contributed by atoms with Gasteiger partial charge in [0.2, 0.25) is 5.91 Å². The van der Waals surface area contributed by atoms with E-state index in [2.05, 4.69) is 5.32 Å². The zero-order valence-corrected chi connectivity index (χ0v) is 7.98. The molecular weight excluding hydrogens is 193 g/mol. The van der Waals surface area contributed by atoms with E-state index in [1.54, 1.807) is 6.92 Å². The van der Waals surface area contributed by atoms with Gasteiger partial charge in [0.05, 0.1) is 12.1 Å². The van der Waals surface area contributed by atoms with E-state index >= 15 is 0 Å². The third kappa shape index (κ3) is 2.20. The summed E-state index contributed by atoms with van der Waals surface area (Å²) < 4.78 is 17.9. The minimum Gasteiger partial charge on any atom is -0.388 e. The Hall–Kier alpha value is -0.720. The standard InChI is InChI=1S/C8H14FNO4/c1-3-6(10-4(2)11)7(12)5(9)8(13)14-3/h3,5-8,12-13H,1-2H3,(H,10,11)/t3-,5-,6+,7-,8-/m0/s1. The first-order valence-corrected chi connectivity index (χ1v) is 4.36.